The van der Waals surface area contributed by atoms with E-state index in [0.717, 1.165) is 38.0 Å². The maximum Gasteiger partial charge on any atom is 0.310 e. The van der Waals surface area contributed by atoms with Crippen molar-refractivity contribution in [2.45, 2.75) is 37.9 Å². The second-order valence-electron chi connectivity index (χ2n) is 4.88. The van der Waals surface area contributed by atoms with Crippen LogP contribution in [0.2, 0.25) is 0 Å². The van der Waals surface area contributed by atoms with Gasteiger partial charge in [-0.1, -0.05) is 0 Å². The third-order valence-electron chi connectivity index (χ3n) is 3.56. The summed E-state index contributed by atoms with van der Waals surface area (Å²) in [6.45, 7) is 3.58. The van der Waals surface area contributed by atoms with Crippen LogP contribution in [0, 0.1) is 5.92 Å². The minimum absolute atomic E-state index is 0.117. The summed E-state index contributed by atoms with van der Waals surface area (Å²) in [5.41, 5.74) is 0. The lowest BCUT2D eigenvalue weighted by Crippen LogP contribution is -2.45. The van der Waals surface area contributed by atoms with Gasteiger partial charge in [0.2, 0.25) is 5.91 Å². The van der Waals surface area contributed by atoms with Crippen LogP contribution in [-0.4, -0.2) is 47.5 Å². The monoisotopic (exact) mass is 271 g/mol. The van der Waals surface area contributed by atoms with Crippen molar-refractivity contribution in [3.63, 3.8) is 0 Å². The molecule has 5 heteroatoms. The number of amides is 1. The molecule has 2 aliphatic heterocycles. The molecule has 2 heterocycles. The Hall–Kier alpha value is -0.710. The highest BCUT2D eigenvalue weighted by Crippen LogP contribution is 2.29. The maximum atomic E-state index is 12.3. The Morgan fingerprint density at radius 1 is 1.33 bits per heavy atom. The number of ether oxygens (including phenoxy) is 1. The van der Waals surface area contributed by atoms with Crippen molar-refractivity contribution >= 4 is 23.6 Å². The third kappa shape index (κ3) is 3.19. The topological polar surface area (TPSA) is 46.6 Å². The SMILES string of the molecule is CCOC(=O)[C@H]1CCCN(C(=O)C2CCCS2)C1. The summed E-state index contributed by atoms with van der Waals surface area (Å²) in [6.07, 6.45) is 3.88. The lowest BCUT2D eigenvalue weighted by Gasteiger charge is -2.33. The lowest BCUT2D eigenvalue weighted by atomic mass is 9.97. The van der Waals surface area contributed by atoms with Crippen LogP contribution in [-0.2, 0) is 14.3 Å². The average molecular weight is 271 g/mol. The third-order valence-corrected chi connectivity index (χ3v) is 4.92. The number of piperidine rings is 1. The predicted octanol–water partition coefficient (Wildman–Crippen LogP) is 1.68. The Balaban J connectivity index is 1.89. The van der Waals surface area contributed by atoms with Crippen LogP contribution < -0.4 is 0 Å². The first-order valence-electron chi connectivity index (χ1n) is 6.79. The zero-order chi connectivity index (χ0) is 13.0. The molecule has 0 N–H and O–H groups in total. The van der Waals surface area contributed by atoms with E-state index in [0.29, 0.717) is 13.2 Å². The van der Waals surface area contributed by atoms with Crippen LogP contribution in [0.25, 0.3) is 0 Å². The quantitative estimate of drug-likeness (QED) is 0.733. The van der Waals surface area contributed by atoms with E-state index in [2.05, 4.69) is 0 Å². The fraction of sp³-hybridized carbons (Fsp3) is 0.846. The Kier molecular flexibility index (Phi) is 4.92. The molecule has 18 heavy (non-hydrogen) atoms. The minimum Gasteiger partial charge on any atom is -0.466 e. The highest BCUT2D eigenvalue weighted by atomic mass is 32.2. The molecule has 1 unspecified atom stereocenters. The van der Waals surface area contributed by atoms with Gasteiger partial charge in [0, 0.05) is 13.1 Å². The van der Waals surface area contributed by atoms with Crippen molar-refractivity contribution in [1.29, 1.82) is 0 Å². The Morgan fingerprint density at radius 2 is 2.17 bits per heavy atom. The predicted molar refractivity (Wildman–Crippen MR) is 71.4 cm³/mol. The van der Waals surface area contributed by atoms with Crippen LogP contribution in [0.4, 0.5) is 0 Å². The van der Waals surface area contributed by atoms with Crippen molar-refractivity contribution in [2.75, 3.05) is 25.4 Å². The van der Waals surface area contributed by atoms with Crippen LogP contribution in [0.3, 0.4) is 0 Å². The van der Waals surface area contributed by atoms with Gasteiger partial charge in [-0.05, 0) is 38.4 Å². The number of rotatable bonds is 3. The molecule has 1 amide bonds. The number of nitrogens with zero attached hydrogens (tertiary/aromatic N) is 1. The molecule has 0 bridgehead atoms. The molecule has 2 saturated heterocycles. The highest BCUT2D eigenvalue weighted by Gasteiger charge is 2.33. The van der Waals surface area contributed by atoms with Gasteiger partial charge in [-0.3, -0.25) is 9.59 Å². The summed E-state index contributed by atoms with van der Waals surface area (Å²) in [5, 5.41) is 0.131. The number of esters is 1. The Labute approximate surface area is 112 Å². The molecule has 2 atom stereocenters. The summed E-state index contributed by atoms with van der Waals surface area (Å²) >= 11 is 1.76. The summed E-state index contributed by atoms with van der Waals surface area (Å²) in [4.78, 5) is 25.9. The summed E-state index contributed by atoms with van der Waals surface area (Å²) in [5.74, 6) is 1.06. The second kappa shape index (κ2) is 6.45. The molecule has 0 aromatic heterocycles. The van der Waals surface area contributed by atoms with Gasteiger partial charge in [-0.25, -0.2) is 0 Å². The van der Waals surface area contributed by atoms with Crippen molar-refractivity contribution in [3.8, 4) is 0 Å². The summed E-state index contributed by atoms with van der Waals surface area (Å²) in [6, 6.07) is 0. The van der Waals surface area contributed by atoms with E-state index in [1.54, 1.807) is 11.8 Å². The first kappa shape index (κ1) is 13.7. The van der Waals surface area contributed by atoms with E-state index in [4.69, 9.17) is 4.74 Å². The molecule has 0 saturated carbocycles. The van der Waals surface area contributed by atoms with E-state index < -0.39 is 0 Å². The number of likely N-dealkylation sites (tertiary alicyclic amines) is 1. The smallest absolute Gasteiger partial charge is 0.310 e. The normalized spacial score (nSPS) is 28.2. The standard InChI is InChI=1S/C13H21NO3S/c1-2-17-13(16)10-5-3-7-14(9-10)12(15)11-6-4-8-18-11/h10-11H,2-9H2,1H3/t10-,11?/m0/s1. The first-order valence-corrected chi connectivity index (χ1v) is 7.84. The van der Waals surface area contributed by atoms with Crippen LogP contribution in [0.1, 0.15) is 32.6 Å². The molecule has 0 aromatic carbocycles. The molecule has 2 rings (SSSR count). The zero-order valence-corrected chi connectivity index (χ0v) is 11.7. The summed E-state index contributed by atoms with van der Waals surface area (Å²) in [7, 11) is 0. The second-order valence-corrected chi connectivity index (χ2v) is 6.19. The van der Waals surface area contributed by atoms with Gasteiger partial charge in [0.1, 0.15) is 0 Å². The Morgan fingerprint density at radius 3 is 2.83 bits per heavy atom. The number of hydrogen-bond donors (Lipinski definition) is 0. The number of carbonyl (C=O) groups is 2. The van der Waals surface area contributed by atoms with Crippen molar-refractivity contribution in [3.05, 3.63) is 0 Å². The van der Waals surface area contributed by atoms with Gasteiger partial charge >= 0.3 is 5.97 Å². The van der Waals surface area contributed by atoms with E-state index >= 15 is 0 Å². The zero-order valence-electron chi connectivity index (χ0n) is 10.9. The van der Waals surface area contributed by atoms with Crippen LogP contribution >= 0.6 is 11.8 Å². The van der Waals surface area contributed by atoms with Crippen molar-refractivity contribution in [2.24, 2.45) is 5.92 Å². The summed E-state index contributed by atoms with van der Waals surface area (Å²) < 4.78 is 5.05. The largest absolute Gasteiger partial charge is 0.466 e. The number of hydrogen-bond acceptors (Lipinski definition) is 4. The van der Waals surface area contributed by atoms with Crippen LogP contribution in [0.15, 0.2) is 0 Å². The number of carbonyl (C=O) groups excluding carboxylic acids is 2. The van der Waals surface area contributed by atoms with Gasteiger partial charge < -0.3 is 9.64 Å². The van der Waals surface area contributed by atoms with E-state index in [-0.39, 0.29) is 23.0 Å². The van der Waals surface area contributed by atoms with E-state index in [1.165, 1.54) is 0 Å². The van der Waals surface area contributed by atoms with Gasteiger partial charge in [0.05, 0.1) is 17.8 Å². The fourth-order valence-electron chi connectivity index (χ4n) is 2.61. The van der Waals surface area contributed by atoms with Gasteiger partial charge in [-0.2, -0.15) is 0 Å². The molecule has 2 fully saturated rings. The van der Waals surface area contributed by atoms with Gasteiger partial charge in [0.25, 0.3) is 0 Å². The maximum absolute atomic E-state index is 12.3. The van der Waals surface area contributed by atoms with Gasteiger partial charge in [0.15, 0.2) is 0 Å². The first-order chi connectivity index (χ1) is 8.72. The Bertz CT molecular complexity index is 315. The average Bonchev–Trinajstić information content (AvgIpc) is 2.92. The van der Waals surface area contributed by atoms with E-state index in [9.17, 15) is 9.59 Å². The van der Waals surface area contributed by atoms with Crippen molar-refractivity contribution < 1.29 is 14.3 Å². The molecule has 0 aromatic rings. The molecule has 2 aliphatic rings. The van der Waals surface area contributed by atoms with E-state index in [1.807, 2.05) is 11.8 Å². The molecule has 0 radical (unpaired) electrons. The minimum atomic E-state index is -0.144. The fourth-order valence-corrected chi connectivity index (χ4v) is 3.85. The molecular formula is C13H21NO3S. The molecule has 0 aliphatic carbocycles. The molecular weight excluding hydrogens is 250 g/mol. The van der Waals surface area contributed by atoms with Gasteiger partial charge in [-0.15, -0.1) is 11.8 Å². The van der Waals surface area contributed by atoms with Crippen molar-refractivity contribution in [1.82, 2.24) is 4.90 Å². The molecule has 0 spiro atoms. The molecule has 102 valence electrons. The number of thioether (sulfide) groups is 1. The van der Waals surface area contributed by atoms with Crippen LogP contribution in [0.5, 0.6) is 0 Å². The lowest BCUT2D eigenvalue weighted by molar-refractivity contribution is -0.151. The highest BCUT2D eigenvalue weighted by molar-refractivity contribution is 8.00. The molecule has 4 nitrogen and oxygen atoms in total.